The van der Waals surface area contributed by atoms with Gasteiger partial charge in [0.1, 0.15) is 5.75 Å². The lowest BCUT2D eigenvalue weighted by molar-refractivity contribution is -0.120. The van der Waals surface area contributed by atoms with Crippen LogP contribution in [-0.2, 0) is 14.6 Å². The van der Waals surface area contributed by atoms with Crippen molar-refractivity contribution in [2.24, 2.45) is 0 Å². The van der Waals surface area contributed by atoms with Gasteiger partial charge in [-0.1, -0.05) is 29.8 Å². The summed E-state index contributed by atoms with van der Waals surface area (Å²) in [5.74, 6) is 0.0894. The van der Waals surface area contributed by atoms with Gasteiger partial charge in [-0.25, -0.2) is 8.42 Å². The molecular weight excluding hydrogens is 362 g/mol. The first kappa shape index (κ1) is 17.5. The third-order valence-electron chi connectivity index (χ3n) is 3.72. The highest BCUT2D eigenvalue weighted by molar-refractivity contribution is 7.94. The van der Waals surface area contributed by atoms with E-state index < -0.39 is 15.9 Å². The molecule has 1 aliphatic heterocycles. The van der Waals surface area contributed by atoms with Gasteiger partial charge in [-0.15, -0.1) is 0 Å². The van der Waals surface area contributed by atoms with Gasteiger partial charge in [0, 0.05) is 16.1 Å². The van der Waals surface area contributed by atoms with Crippen LogP contribution in [0.15, 0.2) is 66.1 Å². The Balaban J connectivity index is 1.82. The van der Waals surface area contributed by atoms with E-state index in [4.69, 9.17) is 16.3 Å². The van der Waals surface area contributed by atoms with Crippen molar-refractivity contribution in [1.29, 1.82) is 0 Å². The molecule has 1 atom stereocenters. The number of ether oxygens (including phenoxy) is 1. The summed E-state index contributed by atoms with van der Waals surface area (Å²) < 4.78 is 29.0. The van der Waals surface area contributed by atoms with Gasteiger partial charge in [0.15, 0.2) is 16.4 Å². The fourth-order valence-electron chi connectivity index (χ4n) is 2.57. The lowest BCUT2D eigenvalue weighted by atomic mass is 10.2. The second kappa shape index (κ2) is 7.29. The fourth-order valence-corrected chi connectivity index (χ4v) is 3.97. The predicted molar refractivity (Wildman–Crippen MR) is 97.6 cm³/mol. The van der Waals surface area contributed by atoms with Crippen molar-refractivity contribution in [2.45, 2.75) is 6.04 Å². The number of nitrogens with zero attached hydrogens (tertiary/aromatic N) is 1. The SMILES string of the molecule is O=C(COc1ccccc1)N(c1ccc(Cl)cc1)[C@@H]1C=CS(=O)(=O)C1. The minimum atomic E-state index is -3.30. The molecule has 0 aromatic heterocycles. The van der Waals surface area contributed by atoms with E-state index in [1.54, 1.807) is 36.4 Å². The molecule has 0 radical (unpaired) electrons. The normalized spacial score (nSPS) is 18.0. The molecule has 3 rings (SSSR count). The molecule has 7 heteroatoms. The Bertz CT molecular complexity index is 879. The number of hydrogen-bond acceptors (Lipinski definition) is 4. The Morgan fingerprint density at radius 3 is 2.40 bits per heavy atom. The second-order valence-electron chi connectivity index (χ2n) is 5.57. The van der Waals surface area contributed by atoms with E-state index in [-0.39, 0.29) is 18.3 Å². The van der Waals surface area contributed by atoms with Crippen LogP contribution in [0.5, 0.6) is 5.75 Å². The first-order valence-electron chi connectivity index (χ1n) is 7.61. The first-order chi connectivity index (χ1) is 11.9. The number of amides is 1. The summed E-state index contributed by atoms with van der Waals surface area (Å²) in [7, 11) is -3.30. The average Bonchev–Trinajstić information content (AvgIpc) is 2.95. The monoisotopic (exact) mass is 377 g/mol. The molecule has 1 heterocycles. The molecule has 0 spiro atoms. The van der Waals surface area contributed by atoms with E-state index in [2.05, 4.69) is 0 Å². The minimum absolute atomic E-state index is 0.146. The Morgan fingerprint density at radius 2 is 1.80 bits per heavy atom. The number of para-hydroxylation sites is 1. The van der Waals surface area contributed by atoms with Gasteiger partial charge >= 0.3 is 0 Å². The van der Waals surface area contributed by atoms with Crippen molar-refractivity contribution in [3.05, 3.63) is 71.1 Å². The predicted octanol–water partition coefficient (Wildman–Crippen LogP) is 3.06. The molecule has 0 fully saturated rings. The number of sulfone groups is 1. The molecule has 0 N–H and O–H groups in total. The lowest BCUT2D eigenvalue weighted by Crippen LogP contribution is -2.43. The van der Waals surface area contributed by atoms with Gasteiger partial charge in [0.25, 0.3) is 5.91 Å². The maximum atomic E-state index is 12.7. The third kappa shape index (κ3) is 4.41. The minimum Gasteiger partial charge on any atom is -0.484 e. The van der Waals surface area contributed by atoms with Crippen LogP contribution < -0.4 is 9.64 Å². The zero-order valence-electron chi connectivity index (χ0n) is 13.2. The summed E-state index contributed by atoms with van der Waals surface area (Å²) in [6.07, 6.45) is 1.52. The largest absolute Gasteiger partial charge is 0.484 e. The van der Waals surface area contributed by atoms with Crippen LogP contribution in [0.1, 0.15) is 0 Å². The summed E-state index contributed by atoms with van der Waals surface area (Å²) in [6, 6.07) is 15.1. The summed E-state index contributed by atoms with van der Waals surface area (Å²) >= 11 is 5.90. The third-order valence-corrected chi connectivity index (χ3v) is 5.35. The van der Waals surface area contributed by atoms with Gasteiger partial charge in [-0.2, -0.15) is 0 Å². The molecule has 25 heavy (non-hydrogen) atoms. The van der Waals surface area contributed by atoms with Crippen molar-refractivity contribution < 1.29 is 17.9 Å². The molecule has 0 aliphatic carbocycles. The molecule has 2 aromatic carbocycles. The van der Waals surface area contributed by atoms with Crippen molar-refractivity contribution >= 4 is 33.0 Å². The smallest absolute Gasteiger partial charge is 0.265 e. The molecule has 0 bridgehead atoms. The number of benzene rings is 2. The molecule has 1 amide bonds. The number of anilines is 1. The maximum absolute atomic E-state index is 12.7. The number of hydrogen-bond donors (Lipinski definition) is 0. The number of rotatable bonds is 5. The zero-order valence-corrected chi connectivity index (χ0v) is 14.8. The average molecular weight is 378 g/mol. The van der Waals surface area contributed by atoms with E-state index in [1.165, 1.54) is 11.0 Å². The highest BCUT2D eigenvalue weighted by Crippen LogP contribution is 2.25. The topological polar surface area (TPSA) is 63.7 Å². The summed E-state index contributed by atoms with van der Waals surface area (Å²) in [6.45, 7) is -0.197. The molecule has 0 unspecified atom stereocenters. The van der Waals surface area contributed by atoms with Crippen molar-refractivity contribution in [2.75, 3.05) is 17.3 Å². The second-order valence-corrected chi connectivity index (χ2v) is 7.93. The molecule has 5 nitrogen and oxygen atoms in total. The molecule has 0 saturated carbocycles. The number of halogens is 1. The first-order valence-corrected chi connectivity index (χ1v) is 9.70. The number of carbonyl (C=O) groups excluding carboxylic acids is 1. The van der Waals surface area contributed by atoms with Crippen molar-refractivity contribution in [1.82, 2.24) is 0 Å². The molecule has 1 aliphatic rings. The van der Waals surface area contributed by atoms with Crippen LogP contribution >= 0.6 is 11.6 Å². The lowest BCUT2D eigenvalue weighted by Gasteiger charge is -2.27. The van der Waals surface area contributed by atoms with E-state index in [0.717, 1.165) is 5.41 Å². The van der Waals surface area contributed by atoms with Gasteiger partial charge in [0.2, 0.25) is 0 Å². The quantitative estimate of drug-likeness (QED) is 0.803. The standard InChI is InChI=1S/C18H16ClNO4S/c19-14-6-8-15(9-7-14)20(16-10-11-25(22,23)13-16)18(21)12-24-17-4-2-1-3-5-17/h1-11,16H,12-13H2/t16-/m1/s1. The molecule has 130 valence electrons. The number of carbonyl (C=O) groups is 1. The van der Waals surface area contributed by atoms with Gasteiger partial charge < -0.3 is 9.64 Å². The molecule has 0 saturated heterocycles. The molecular formula is C18H16ClNO4S. The van der Waals surface area contributed by atoms with Crippen LogP contribution in [0.4, 0.5) is 5.69 Å². The van der Waals surface area contributed by atoms with Gasteiger partial charge in [-0.05, 0) is 42.5 Å². The van der Waals surface area contributed by atoms with Gasteiger partial charge in [-0.3, -0.25) is 4.79 Å². The molecule has 2 aromatic rings. The highest BCUT2D eigenvalue weighted by Gasteiger charge is 2.31. The summed E-state index contributed by atoms with van der Waals surface area (Å²) in [4.78, 5) is 14.2. The zero-order chi connectivity index (χ0) is 17.9. The van der Waals surface area contributed by atoms with E-state index >= 15 is 0 Å². The van der Waals surface area contributed by atoms with Crippen LogP contribution in [0.2, 0.25) is 5.02 Å². The Kier molecular flexibility index (Phi) is 5.11. The van der Waals surface area contributed by atoms with Crippen LogP contribution in [0.3, 0.4) is 0 Å². The Hall–Kier alpha value is -2.31. The van der Waals surface area contributed by atoms with Gasteiger partial charge in [0.05, 0.1) is 11.8 Å². The van der Waals surface area contributed by atoms with Crippen LogP contribution in [-0.4, -0.2) is 32.7 Å². The van der Waals surface area contributed by atoms with E-state index in [0.29, 0.717) is 16.5 Å². The van der Waals surface area contributed by atoms with Crippen LogP contribution in [0.25, 0.3) is 0 Å². The van der Waals surface area contributed by atoms with Crippen molar-refractivity contribution in [3.63, 3.8) is 0 Å². The maximum Gasteiger partial charge on any atom is 0.265 e. The van der Waals surface area contributed by atoms with Crippen LogP contribution in [0, 0.1) is 0 Å². The highest BCUT2D eigenvalue weighted by atomic mass is 35.5. The van der Waals surface area contributed by atoms with E-state index in [1.807, 2.05) is 18.2 Å². The van der Waals surface area contributed by atoms with E-state index in [9.17, 15) is 13.2 Å². The fraction of sp³-hybridized carbons (Fsp3) is 0.167. The summed E-state index contributed by atoms with van der Waals surface area (Å²) in [5.41, 5.74) is 0.567. The summed E-state index contributed by atoms with van der Waals surface area (Å²) in [5, 5.41) is 1.68. The van der Waals surface area contributed by atoms with Crippen molar-refractivity contribution in [3.8, 4) is 5.75 Å². The Morgan fingerprint density at radius 1 is 1.12 bits per heavy atom. The Labute approximate surface area is 151 Å².